The first-order valence-corrected chi connectivity index (χ1v) is 10.8. The molecule has 0 bridgehead atoms. The fourth-order valence-electron chi connectivity index (χ4n) is 3.77. The Morgan fingerprint density at radius 1 is 0.783 bits per heavy atom. The second kappa shape index (κ2) is 7.23. The van der Waals surface area contributed by atoms with E-state index < -0.39 is 8.07 Å². The zero-order chi connectivity index (χ0) is 17.0. The van der Waals surface area contributed by atoms with E-state index in [0.717, 1.165) is 17.1 Å². The van der Waals surface area contributed by atoms with Gasteiger partial charge in [0, 0.05) is 5.56 Å². The first kappa shape index (κ1) is 17.6. The number of hydrogen-bond donors (Lipinski definition) is 0. The molecule has 0 radical (unpaired) electrons. The Hall–Kier alpha value is -1.72. The van der Waals surface area contributed by atoms with Gasteiger partial charge in [-0.15, -0.1) is 5.54 Å². The molecule has 0 aliphatic heterocycles. The number of benzene rings is 1. The van der Waals surface area contributed by atoms with Gasteiger partial charge in [-0.05, 0) is 34.7 Å². The van der Waals surface area contributed by atoms with Crippen LogP contribution in [-0.4, -0.2) is 8.07 Å². The Morgan fingerprint density at radius 3 is 1.87 bits per heavy atom. The molecule has 1 heterocycles. The van der Waals surface area contributed by atoms with Gasteiger partial charge in [0.2, 0.25) is 0 Å². The summed E-state index contributed by atoms with van der Waals surface area (Å²) in [5.74, 6) is 5.03. The molecule has 0 saturated heterocycles. The van der Waals surface area contributed by atoms with Gasteiger partial charge in [-0.2, -0.15) is 0 Å². The summed E-state index contributed by atoms with van der Waals surface area (Å²) in [4.78, 5) is 0. The van der Waals surface area contributed by atoms with Gasteiger partial charge in [0.25, 0.3) is 0 Å². The maximum absolute atomic E-state index is 5.95. The normalized spacial score (nSPS) is 11.9. The summed E-state index contributed by atoms with van der Waals surface area (Å²) in [5, 5.41) is 0. The molecule has 0 atom stereocenters. The predicted molar refractivity (Wildman–Crippen MR) is 102 cm³/mol. The van der Waals surface area contributed by atoms with Crippen LogP contribution in [0.2, 0.25) is 16.6 Å². The molecule has 1 aromatic heterocycles. The average molecular weight is 325 g/mol. The van der Waals surface area contributed by atoms with E-state index in [1.54, 1.807) is 0 Å². The fraction of sp³-hybridized carbons (Fsp3) is 0.429. The Kier molecular flexibility index (Phi) is 5.54. The fourth-order valence-corrected chi connectivity index (χ4v) is 8.97. The highest BCUT2D eigenvalue weighted by molar-refractivity contribution is 6.90. The van der Waals surface area contributed by atoms with Gasteiger partial charge < -0.3 is 4.42 Å². The van der Waals surface area contributed by atoms with E-state index in [-0.39, 0.29) is 0 Å². The molecule has 23 heavy (non-hydrogen) atoms. The summed E-state index contributed by atoms with van der Waals surface area (Å²) in [7, 11) is -1.70. The van der Waals surface area contributed by atoms with Gasteiger partial charge in [0.1, 0.15) is 13.8 Å². The summed E-state index contributed by atoms with van der Waals surface area (Å²) >= 11 is 0. The largest absolute Gasteiger partial charge is 0.448 e. The van der Waals surface area contributed by atoms with E-state index in [2.05, 4.69) is 65.1 Å². The molecule has 2 heteroatoms. The van der Waals surface area contributed by atoms with Gasteiger partial charge in [0.15, 0.2) is 5.76 Å². The summed E-state index contributed by atoms with van der Waals surface area (Å²) < 4.78 is 5.95. The van der Waals surface area contributed by atoms with E-state index in [9.17, 15) is 0 Å². The van der Waals surface area contributed by atoms with E-state index in [1.165, 1.54) is 0 Å². The van der Waals surface area contributed by atoms with Crippen LogP contribution in [0.4, 0.5) is 0 Å². The van der Waals surface area contributed by atoms with E-state index in [0.29, 0.717) is 16.6 Å². The van der Waals surface area contributed by atoms with Crippen LogP contribution in [0.1, 0.15) is 47.3 Å². The second-order valence-corrected chi connectivity index (χ2v) is 12.8. The molecule has 0 amide bonds. The van der Waals surface area contributed by atoms with Crippen molar-refractivity contribution in [3.63, 3.8) is 0 Å². The first-order chi connectivity index (χ1) is 10.9. The van der Waals surface area contributed by atoms with E-state index in [1.807, 2.05) is 30.3 Å². The van der Waals surface area contributed by atoms with Gasteiger partial charge in [0.05, 0.1) is 0 Å². The zero-order valence-electron chi connectivity index (χ0n) is 15.2. The first-order valence-electron chi connectivity index (χ1n) is 8.56. The average Bonchev–Trinajstić information content (AvgIpc) is 2.96. The predicted octanol–water partition coefficient (Wildman–Crippen LogP) is 6.52. The maximum atomic E-state index is 5.95. The topological polar surface area (TPSA) is 13.1 Å². The van der Waals surface area contributed by atoms with Crippen molar-refractivity contribution in [2.45, 2.75) is 58.2 Å². The molecular formula is C21H28OSi. The molecule has 1 aromatic carbocycles. The van der Waals surface area contributed by atoms with Crippen LogP contribution in [0, 0.1) is 11.5 Å². The van der Waals surface area contributed by atoms with Crippen LogP contribution < -0.4 is 0 Å². The summed E-state index contributed by atoms with van der Waals surface area (Å²) in [6.45, 7) is 14.0. The highest BCUT2D eigenvalue weighted by Gasteiger charge is 2.41. The van der Waals surface area contributed by atoms with Crippen LogP contribution in [0.3, 0.4) is 0 Å². The molecule has 2 rings (SSSR count). The molecule has 1 nitrogen and oxygen atoms in total. The van der Waals surface area contributed by atoms with Crippen molar-refractivity contribution in [1.29, 1.82) is 0 Å². The molecule has 2 aromatic rings. The molecule has 0 aliphatic carbocycles. The van der Waals surface area contributed by atoms with Crippen LogP contribution >= 0.6 is 0 Å². The smallest absolute Gasteiger partial charge is 0.176 e. The van der Waals surface area contributed by atoms with Gasteiger partial charge in [-0.25, -0.2) is 0 Å². The van der Waals surface area contributed by atoms with Crippen molar-refractivity contribution in [1.82, 2.24) is 0 Å². The lowest BCUT2D eigenvalue weighted by molar-refractivity contribution is 0.569. The van der Waals surface area contributed by atoms with Gasteiger partial charge in [-0.3, -0.25) is 0 Å². The van der Waals surface area contributed by atoms with E-state index in [4.69, 9.17) is 4.42 Å². The molecule has 122 valence electrons. The van der Waals surface area contributed by atoms with Gasteiger partial charge in [-0.1, -0.05) is 71.9 Å². The Morgan fingerprint density at radius 2 is 1.35 bits per heavy atom. The lowest BCUT2D eigenvalue weighted by atomic mass is 10.2. The second-order valence-electron chi connectivity index (χ2n) is 7.18. The van der Waals surface area contributed by atoms with Gasteiger partial charge >= 0.3 is 0 Å². The Balaban J connectivity index is 2.35. The third-order valence-corrected chi connectivity index (χ3v) is 11.2. The van der Waals surface area contributed by atoms with Crippen LogP contribution in [0.15, 0.2) is 46.9 Å². The molecule has 0 spiro atoms. The van der Waals surface area contributed by atoms with Crippen LogP contribution in [-0.2, 0) is 0 Å². The number of furan rings is 1. The Labute approximate surface area is 142 Å². The SMILES string of the molecule is CC(C)[Si](C#Cc1ccc(-c2ccccc2)o1)(C(C)C)C(C)C. The molecule has 0 saturated carbocycles. The minimum Gasteiger partial charge on any atom is -0.448 e. The minimum atomic E-state index is -1.70. The van der Waals surface area contributed by atoms with Crippen molar-refractivity contribution in [2.75, 3.05) is 0 Å². The molecule has 0 unspecified atom stereocenters. The third kappa shape index (κ3) is 3.62. The Bertz CT molecular complexity index is 662. The summed E-state index contributed by atoms with van der Waals surface area (Å²) in [6.07, 6.45) is 0. The molecule has 0 N–H and O–H groups in total. The lowest BCUT2D eigenvalue weighted by Gasteiger charge is -2.37. The highest BCUT2D eigenvalue weighted by Crippen LogP contribution is 2.40. The number of hydrogen-bond acceptors (Lipinski definition) is 1. The summed E-state index contributed by atoms with van der Waals surface area (Å²) in [5.41, 5.74) is 6.72. The highest BCUT2D eigenvalue weighted by atomic mass is 28.3. The zero-order valence-corrected chi connectivity index (χ0v) is 16.2. The maximum Gasteiger partial charge on any atom is 0.176 e. The van der Waals surface area contributed by atoms with E-state index >= 15 is 0 Å². The van der Waals surface area contributed by atoms with Crippen LogP contribution in [0.5, 0.6) is 0 Å². The molecule has 0 fully saturated rings. The quantitative estimate of drug-likeness (QED) is 0.461. The monoisotopic (exact) mass is 324 g/mol. The van der Waals surface area contributed by atoms with Crippen LogP contribution in [0.25, 0.3) is 11.3 Å². The minimum absolute atomic E-state index is 0.638. The van der Waals surface area contributed by atoms with Crippen molar-refractivity contribution >= 4 is 8.07 Å². The van der Waals surface area contributed by atoms with Crippen molar-refractivity contribution in [3.8, 4) is 22.8 Å². The van der Waals surface area contributed by atoms with Crippen molar-refractivity contribution in [3.05, 3.63) is 48.2 Å². The third-order valence-electron chi connectivity index (χ3n) is 4.93. The van der Waals surface area contributed by atoms with Crippen molar-refractivity contribution < 1.29 is 4.42 Å². The summed E-state index contributed by atoms with van der Waals surface area (Å²) in [6, 6.07) is 14.2. The molecule has 0 aliphatic rings. The number of rotatable bonds is 4. The van der Waals surface area contributed by atoms with Crippen molar-refractivity contribution in [2.24, 2.45) is 0 Å². The lowest BCUT2D eigenvalue weighted by Crippen LogP contribution is -2.43. The molecular weight excluding hydrogens is 296 g/mol. The standard InChI is InChI=1S/C21H28OSi/c1-16(2)23(17(3)4,18(5)6)15-14-20-12-13-21(22-20)19-10-8-7-9-11-19/h7-13,16-18H,1-6H3.